The predicted octanol–water partition coefficient (Wildman–Crippen LogP) is 2.06. The van der Waals surface area contributed by atoms with Gasteiger partial charge >= 0.3 is 0 Å². The quantitative estimate of drug-likeness (QED) is 0.564. The molecular formula is C15H30N2O2. The minimum atomic E-state index is -0.213. The monoisotopic (exact) mass is 270 g/mol. The van der Waals surface area contributed by atoms with Crippen LogP contribution in [0.2, 0.25) is 0 Å². The molecule has 0 amide bonds. The third kappa shape index (κ3) is 6.83. The van der Waals surface area contributed by atoms with Crippen molar-refractivity contribution >= 4 is 11.6 Å². The molecule has 0 aliphatic carbocycles. The van der Waals surface area contributed by atoms with Crippen LogP contribution in [0.3, 0.4) is 0 Å². The lowest BCUT2D eigenvalue weighted by atomic mass is 9.93. The van der Waals surface area contributed by atoms with Crippen LogP contribution < -0.4 is 11.1 Å². The minimum absolute atomic E-state index is 0.0415. The van der Waals surface area contributed by atoms with Gasteiger partial charge in [0, 0.05) is 5.92 Å². The van der Waals surface area contributed by atoms with Crippen LogP contribution in [-0.2, 0) is 9.59 Å². The van der Waals surface area contributed by atoms with E-state index in [4.69, 9.17) is 5.73 Å². The van der Waals surface area contributed by atoms with Gasteiger partial charge in [-0.3, -0.25) is 14.9 Å². The molecule has 3 N–H and O–H groups in total. The number of rotatable bonds is 11. The zero-order valence-electron chi connectivity index (χ0n) is 12.9. The molecule has 0 aliphatic rings. The predicted molar refractivity (Wildman–Crippen MR) is 79.1 cm³/mol. The van der Waals surface area contributed by atoms with Gasteiger partial charge < -0.3 is 5.73 Å². The zero-order valence-corrected chi connectivity index (χ0v) is 12.9. The van der Waals surface area contributed by atoms with Gasteiger partial charge in [0.1, 0.15) is 5.78 Å². The molecule has 0 rings (SSSR count). The van der Waals surface area contributed by atoms with Gasteiger partial charge in [0.15, 0.2) is 5.78 Å². The van der Waals surface area contributed by atoms with E-state index >= 15 is 0 Å². The van der Waals surface area contributed by atoms with Crippen LogP contribution in [0.4, 0.5) is 0 Å². The fourth-order valence-electron chi connectivity index (χ4n) is 2.11. The number of carbonyl (C=O) groups is 2. The van der Waals surface area contributed by atoms with E-state index in [1.54, 1.807) is 6.92 Å². The van der Waals surface area contributed by atoms with E-state index in [9.17, 15) is 9.59 Å². The number of nitrogens with one attached hydrogen (secondary N) is 1. The van der Waals surface area contributed by atoms with Crippen molar-refractivity contribution in [2.24, 2.45) is 11.7 Å². The molecule has 0 saturated heterocycles. The van der Waals surface area contributed by atoms with Crippen molar-refractivity contribution < 1.29 is 9.59 Å². The lowest BCUT2D eigenvalue weighted by Crippen LogP contribution is -2.47. The van der Waals surface area contributed by atoms with Crippen LogP contribution in [0, 0.1) is 5.92 Å². The number of carbonyl (C=O) groups excluding carboxylic acids is 2. The molecule has 0 heterocycles. The Morgan fingerprint density at radius 2 is 1.74 bits per heavy atom. The van der Waals surface area contributed by atoms with E-state index in [2.05, 4.69) is 5.32 Å². The van der Waals surface area contributed by atoms with E-state index in [0.717, 1.165) is 32.1 Å². The first kappa shape index (κ1) is 18.3. The van der Waals surface area contributed by atoms with E-state index in [-0.39, 0.29) is 29.6 Å². The number of unbranched alkanes of at least 4 members (excludes halogenated alkanes) is 1. The standard InChI is InChI=1S/C15H30N2O2/c1-5-11(3)15(19)14(9-7-8-10-16)17-13(6-2)12(4)18/h11,13-14,17H,5-10,16H2,1-4H3. The van der Waals surface area contributed by atoms with Crippen molar-refractivity contribution in [1.29, 1.82) is 0 Å². The lowest BCUT2D eigenvalue weighted by Gasteiger charge is -2.24. The summed E-state index contributed by atoms with van der Waals surface area (Å²) in [5.41, 5.74) is 5.49. The fraction of sp³-hybridized carbons (Fsp3) is 0.867. The summed E-state index contributed by atoms with van der Waals surface area (Å²) in [6, 6.07) is -0.425. The van der Waals surface area contributed by atoms with Crippen molar-refractivity contribution in [3.63, 3.8) is 0 Å². The molecule has 3 unspecified atom stereocenters. The maximum absolute atomic E-state index is 12.3. The van der Waals surface area contributed by atoms with Gasteiger partial charge in [-0.05, 0) is 39.2 Å². The van der Waals surface area contributed by atoms with Gasteiger partial charge in [0.25, 0.3) is 0 Å². The van der Waals surface area contributed by atoms with Crippen LogP contribution in [0.15, 0.2) is 0 Å². The second-order valence-electron chi connectivity index (χ2n) is 5.29. The summed E-state index contributed by atoms with van der Waals surface area (Å²) >= 11 is 0. The number of hydrogen-bond donors (Lipinski definition) is 2. The summed E-state index contributed by atoms with van der Waals surface area (Å²) in [6.07, 6.45) is 4.17. The van der Waals surface area contributed by atoms with Gasteiger partial charge in [-0.2, -0.15) is 0 Å². The van der Waals surface area contributed by atoms with Gasteiger partial charge in [-0.1, -0.05) is 27.2 Å². The van der Waals surface area contributed by atoms with E-state index in [1.807, 2.05) is 20.8 Å². The number of hydrogen-bond acceptors (Lipinski definition) is 4. The molecule has 0 radical (unpaired) electrons. The van der Waals surface area contributed by atoms with Crippen LogP contribution >= 0.6 is 0 Å². The molecular weight excluding hydrogens is 240 g/mol. The number of Topliss-reactive ketones (excluding diaryl/α,β-unsaturated/α-hetero) is 2. The summed E-state index contributed by atoms with van der Waals surface area (Å²) in [4.78, 5) is 23.8. The first-order valence-corrected chi connectivity index (χ1v) is 7.48. The topological polar surface area (TPSA) is 72.2 Å². The summed E-state index contributed by atoms with van der Waals surface area (Å²) in [7, 11) is 0. The molecule has 0 saturated carbocycles. The van der Waals surface area contributed by atoms with Crippen molar-refractivity contribution in [2.45, 2.75) is 71.9 Å². The first-order valence-electron chi connectivity index (χ1n) is 7.48. The lowest BCUT2D eigenvalue weighted by molar-refractivity contribution is -0.125. The summed E-state index contributed by atoms with van der Waals surface area (Å²) in [6.45, 7) is 8.15. The Kier molecular flexibility index (Phi) is 9.70. The maximum atomic E-state index is 12.3. The van der Waals surface area contributed by atoms with Crippen LogP contribution in [-0.4, -0.2) is 30.2 Å². The van der Waals surface area contributed by atoms with Crippen molar-refractivity contribution in [2.75, 3.05) is 6.54 Å². The first-order chi connectivity index (χ1) is 8.97. The van der Waals surface area contributed by atoms with Crippen LogP contribution in [0.25, 0.3) is 0 Å². The van der Waals surface area contributed by atoms with E-state index < -0.39 is 0 Å². The zero-order chi connectivity index (χ0) is 14.8. The second kappa shape index (κ2) is 10.1. The third-order valence-electron chi connectivity index (χ3n) is 3.69. The molecule has 0 aromatic rings. The molecule has 112 valence electrons. The Labute approximate surface area is 117 Å². The van der Waals surface area contributed by atoms with Crippen molar-refractivity contribution in [3.05, 3.63) is 0 Å². The molecule has 19 heavy (non-hydrogen) atoms. The molecule has 0 fully saturated rings. The Balaban J connectivity index is 4.64. The van der Waals surface area contributed by atoms with Gasteiger partial charge in [-0.25, -0.2) is 0 Å². The number of nitrogens with two attached hydrogens (primary N) is 1. The minimum Gasteiger partial charge on any atom is -0.330 e. The summed E-state index contributed by atoms with van der Waals surface area (Å²) in [5, 5.41) is 3.24. The van der Waals surface area contributed by atoms with Gasteiger partial charge in [-0.15, -0.1) is 0 Å². The second-order valence-corrected chi connectivity index (χ2v) is 5.29. The number of ketones is 2. The van der Waals surface area contributed by atoms with E-state index in [1.165, 1.54) is 0 Å². The average Bonchev–Trinajstić information content (AvgIpc) is 2.40. The Morgan fingerprint density at radius 1 is 1.11 bits per heavy atom. The molecule has 4 heteroatoms. The molecule has 0 aromatic heterocycles. The van der Waals surface area contributed by atoms with Crippen LogP contribution in [0.5, 0.6) is 0 Å². The SMILES string of the molecule is CCC(C)C(=O)C(CCCCN)NC(CC)C(C)=O. The molecule has 0 aromatic carbocycles. The van der Waals surface area contributed by atoms with Crippen molar-refractivity contribution in [1.82, 2.24) is 5.32 Å². The smallest absolute Gasteiger partial charge is 0.152 e. The Morgan fingerprint density at radius 3 is 2.16 bits per heavy atom. The average molecular weight is 270 g/mol. The molecule has 0 spiro atoms. The normalized spacial score (nSPS) is 15.8. The molecule has 4 nitrogen and oxygen atoms in total. The van der Waals surface area contributed by atoms with Crippen molar-refractivity contribution in [3.8, 4) is 0 Å². The largest absolute Gasteiger partial charge is 0.330 e. The fourth-order valence-corrected chi connectivity index (χ4v) is 2.11. The molecule has 3 atom stereocenters. The van der Waals surface area contributed by atoms with Crippen LogP contribution in [0.1, 0.15) is 59.8 Å². The van der Waals surface area contributed by atoms with Gasteiger partial charge in [0.2, 0.25) is 0 Å². The van der Waals surface area contributed by atoms with Gasteiger partial charge in [0.05, 0.1) is 12.1 Å². The molecule has 0 aliphatic heterocycles. The highest BCUT2D eigenvalue weighted by molar-refractivity contribution is 5.87. The highest BCUT2D eigenvalue weighted by Gasteiger charge is 2.25. The maximum Gasteiger partial charge on any atom is 0.152 e. The van der Waals surface area contributed by atoms with E-state index in [0.29, 0.717) is 6.54 Å². The highest BCUT2D eigenvalue weighted by Crippen LogP contribution is 2.12. The summed E-state index contributed by atoms with van der Waals surface area (Å²) < 4.78 is 0. The molecule has 0 bridgehead atoms. The Hall–Kier alpha value is -0.740. The third-order valence-corrected chi connectivity index (χ3v) is 3.69. The highest BCUT2D eigenvalue weighted by atomic mass is 16.1. The Bertz CT molecular complexity index is 279. The summed E-state index contributed by atoms with van der Waals surface area (Å²) in [5.74, 6) is 0.363.